The Hall–Kier alpha value is -3.32. The average Bonchev–Trinajstić information content (AvgIpc) is 3.61. The molecule has 0 unspecified atom stereocenters. The van der Waals surface area contributed by atoms with Crippen molar-refractivity contribution < 1.29 is 14.7 Å². The van der Waals surface area contributed by atoms with E-state index < -0.39 is 0 Å². The highest BCUT2D eigenvalue weighted by atomic mass is 16.3. The molecule has 41 heavy (non-hydrogen) atoms. The first-order chi connectivity index (χ1) is 19.9. The number of rotatable bonds is 4. The minimum Gasteiger partial charge on any atom is -0.392 e. The largest absolute Gasteiger partial charge is 0.392 e. The van der Waals surface area contributed by atoms with E-state index in [1.54, 1.807) is 13.8 Å². The zero-order chi connectivity index (χ0) is 28.9. The molecule has 2 aromatic rings. The van der Waals surface area contributed by atoms with Crippen LogP contribution in [0.25, 0.3) is 6.08 Å². The van der Waals surface area contributed by atoms with Crippen molar-refractivity contribution in [2.75, 3.05) is 49.1 Å². The molecule has 220 valence electrons. The number of aliphatic hydroxyl groups excluding tert-OH is 1. The molecule has 6 rings (SSSR count). The number of nitrogens with zero attached hydrogens (tertiary/aromatic N) is 4. The molecular weight excluding hydrogens is 512 g/mol. The number of carbonyl (C=O) groups excluding carboxylic acids is 2. The fourth-order valence-corrected chi connectivity index (χ4v) is 7.07. The van der Waals surface area contributed by atoms with Gasteiger partial charge in [-0.2, -0.15) is 0 Å². The van der Waals surface area contributed by atoms with Gasteiger partial charge in [-0.3, -0.25) is 9.59 Å². The summed E-state index contributed by atoms with van der Waals surface area (Å²) < 4.78 is 0. The van der Waals surface area contributed by atoms with Crippen molar-refractivity contribution in [1.82, 2.24) is 9.80 Å². The molecular formula is C34H46N4O3. The van der Waals surface area contributed by atoms with Crippen LogP contribution in [-0.4, -0.2) is 78.1 Å². The van der Waals surface area contributed by atoms with Gasteiger partial charge in [0.25, 0.3) is 0 Å². The highest BCUT2D eigenvalue weighted by Gasteiger charge is 2.31. The number of allylic oxidation sites excluding steroid dienone is 1. The van der Waals surface area contributed by atoms with Crippen LogP contribution in [0, 0.1) is 0 Å². The topological polar surface area (TPSA) is 67.3 Å². The number of aliphatic hydroxyl groups is 1. The highest BCUT2D eigenvalue weighted by Crippen LogP contribution is 2.34. The summed E-state index contributed by atoms with van der Waals surface area (Å²) in [4.78, 5) is 31.8. The van der Waals surface area contributed by atoms with E-state index in [1.807, 2.05) is 15.9 Å². The number of anilines is 2. The maximum absolute atomic E-state index is 11.4. The van der Waals surface area contributed by atoms with Crippen molar-refractivity contribution in [2.45, 2.75) is 78.0 Å². The molecule has 0 saturated carbocycles. The van der Waals surface area contributed by atoms with E-state index in [1.165, 1.54) is 28.1 Å². The number of hydrogen-bond acceptors (Lipinski definition) is 5. The third-order valence-corrected chi connectivity index (χ3v) is 9.35. The lowest BCUT2D eigenvalue weighted by atomic mass is 10.0. The SMILES string of the molecule is C/C=C/c1ccc2c(c1)CCN2C1CCN(C(C)=O)CC1.CC(=O)N1CCC(N2CCc3cc(CO)ccc32)CC1. The minimum absolute atomic E-state index is 0.115. The van der Waals surface area contributed by atoms with E-state index in [2.05, 4.69) is 59.2 Å². The second kappa shape index (κ2) is 13.1. The second-order valence-electron chi connectivity index (χ2n) is 11.9. The van der Waals surface area contributed by atoms with Gasteiger partial charge in [0, 0.05) is 76.6 Å². The molecule has 7 nitrogen and oxygen atoms in total. The van der Waals surface area contributed by atoms with Gasteiger partial charge in [0.05, 0.1) is 6.61 Å². The Kier molecular flexibility index (Phi) is 9.33. The van der Waals surface area contributed by atoms with Crippen LogP contribution in [0.2, 0.25) is 0 Å². The van der Waals surface area contributed by atoms with Crippen molar-refractivity contribution in [3.63, 3.8) is 0 Å². The number of hydrogen-bond donors (Lipinski definition) is 1. The Labute approximate surface area is 245 Å². The molecule has 0 aliphatic carbocycles. The van der Waals surface area contributed by atoms with E-state index in [9.17, 15) is 14.7 Å². The molecule has 0 aromatic heterocycles. The van der Waals surface area contributed by atoms with Gasteiger partial charge in [-0.1, -0.05) is 30.4 Å². The van der Waals surface area contributed by atoms with Gasteiger partial charge in [0.15, 0.2) is 0 Å². The molecule has 4 aliphatic heterocycles. The second-order valence-corrected chi connectivity index (χ2v) is 11.9. The first-order valence-electron chi connectivity index (χ1n) is 15.4. The molecule has 1 N–H and O–H groups in total. The number of fused-ring (bicyclic) bond motifs is 2. The Morgan fingerprint density at radius 2 is 1.24 bits per heavy atom. The third-order valence-electron chi connectivity index (χ3n) is 9.35. The summed E-state index contributed by atoms with van der Waals surface area (Å²) in [7, 11) is 0. The van der Waals surface area contributed by atoms with Crippen LogP contribution in [0.4, 0.5) is 11.4 Å². The van der Waals surface area contributed by atoms with Gasteiger partial charge in [0.2, 0.25) is 11.8 Å². The lowest BCUT2D eigenvalue weighted by Crippen LogP contribution is -2.45. The summed E-state index contributed by atoms with van der Waals surface area (Å²) in [5.41, 5.74) is 7.85. The van der Waals surface area contributed by atoms with Crippen molar-refractivity contribution in [1.29, 1.82) is 0 Å². The lowest BCUT2D eigenvalue weighted by molar-refractivity contribution is -0.130. The van der Waals surface area contributed by atoms with Crippen molar-refractivity contribution in [3.8, 4) is 0 Å². The van der Waals surface area contributed by atoms with E-state index >= 15 is 0 Å². The normalized spacial score (nSPS) is 19.3. The van der Waals surface area contributed by atoms with Gasteiger partial charge in [0.1, 0.15) is 0 Å². The van der Waals surface area contributed by atoms with Crippen LogP contribution in [-0.2, 0) is 29.0 Å². The standard InChI is InChI=1S/C18H24N2O.C16H22N2O2/c1-3-4-15-5-6-18-16(13-15)7-12-20(18)17-8-10-19(11-9-17)14(2)21;1-12(20)17-7-5-15(6-8-17)18-9-4-14-10-13(11-19)2-3-16(14)18/h3-6,13,17H,7-12H2,1-2H3;2-3,10,15,19H,4-9,11H2,1H3/b4-3+;. The summed E-state index contributed by atoms with van der Waals surface area (Å²) >= 11 is 0. The summed E-state index contributed by atoms with van der Waals surface area (Å²) in [6.07, 6.45) is 10.8. The fraction of sp³-hybridized carbons (Fsp3) is 0.529. The van der Waals surface area contributed by atoms with E-state index in [-0.39, 0.29) is 18.4 Å². The number of piperidine rings is 2. The maximum atomic E-state index is 11.4. The van der Waals surface area contributed by atoms with E-state index in [0.717, 1.165) is 83.4 Å². The highest BCUT2D eigenvalue weighted by molar-refractivity contribution is 5.74. The molecule has 7 heteroatoms. The lowest BCUT2D eigenvalue weighted by Gasteiger charge is -2.37. The van der Waals surface area contributed by atoms with Crippen molar-refractivity contribution >= 4 is 29.3 Å². The van der Waals surface area contributed by atoms with Crippen molar-refractivity contribution in [3.05, 3.63) is 64.7 Å². The molecule has 2 amide bonds. The maximum Gasteiger partial charge on any atom is 0.219 e. The Morgan fingerprint density at radius 3 is 1.71 bits per heavy atom. The number of likely N-dealkylation sites (tertiary alicyclic amines) is 2. The zero-order valence-corrected chi connectivity index (χ0v) is 25.0. The predicted octanol–water partition coefficient (Wildman–Crippen LogP) is 4.65. The number of benzene rings is 2. The molecule has 2 fully saturated rings. The average molecular weight is 559 g/mol. The van der Waals surface area contributed by atoms with Gasteiger partial charge in [-0.05, 0) is 85.9 Å². The van der Waals surface area contributed by atoms with Crippen LogP contribution in [0.15, 0.2) is 42.5 Å². The smallest absolute Gasteiger partial charge is 0.219 e. The minimum atomic E-state index is 0.115. The zero-order valence-electron chi connectivity index (χ0n) is 25.0. The molecule has 0 radical (unpaired) electrons. The molecule has 0 atom stereocenters. The number of amides is 2. The van der Waals surface area contributed by atoms with E-state index in [0.29, 0.717) is 12.1 Å². The molecule has 4 heterocycles. The van der Waals surface area contributed by atoms with Crippen LogP contribution in [0.3, 0.4) is 0 Å². The molecule has 2 aromatic carbocycles. The summed E-state index contributed by atoms with van der Waals surface area (Å²) in [6, 6.07) is 14.2. The van der Waals surface area contributed by atoms with Gasteiger partial charge in [-0.25, -0.2) is 0 Å². The Balaban J connectivity index is 0.000000165. The fourth-order valence-electron chi connectivity index (χ4n) is 7.07. The van der Waals surface area contributed by atoms with E-state index in [4.69, 9.17) is 0 Å². The summed E-state index contributed by atoms with van der Waals surface area (Å²) in [5.74, 6) is 0.407. The first-order valence-corrected chi connectivity index (χ1v) is 15.4. The quantitative estimate of drug-likeness (QED) is 0.592. The molecule has 2 saturated heterocycles. The van der Waals surface area contributed by atoms with Gasteiger partial charge < -0.3 is 24.7 Å². The third kappa shape index (κ3) is 6.61. The summed E-state index contributed by atoms with van der Waals surface area (Å²) in [5, 5.41) is 9.21. The van der Waals surface area contributed by atoms with Crippen LogP contribution >= 0.6 is 0 Å². The first kappa shape index (κ1) is 29.2. The molecule has 0 spiro atoms. The van der Waals surface area contributed by atoms with Gasteiger partial charge >= 0.3 is 0 Å². The number of carbonyl (C=O) groups is 2. The van der Waals surface area contributed by atoms with Crippen LogP contribution in [0.5, 0.6) is 0 Å². The summed E-state index contributed by atoms with van der Waals surface area (Å²) in [6.45, 7) is 11.3. The monoisotopic (exact) mass is 558 g/mol. The molecule has 4 aliphatic rings. The van der Waals surface area contributed by atoms with Crippen molar-refractivity contribution in [2.24, 2.45) is 0 Å². The predicted molar refractivity (Wildman–Crippen MR) is 166 cm³/mol. The molecule has 0 bridgehead atoms. The Bertz CT molecular complexity index is 1260. The van der Waals surface area contributed by atoms with Gasteiger partial charge in [-0.15, -0.1) is 0 Å². The van der Waals surface area contributed by atoms with Crippen LogP contribution < -0.4 is 9.80 Å². The van der Waals surface area contributed by atoms with Crippen LogP contribution in [0.1, 0.15) is 68.7 Å². The Morgan fingerprint density at radius 1 is 0.756 bits per heavy atom.